The average Bonchev–Trinajstić information content (AvgIpc) is 4.25. The molecule has 9 bridgehead atoms. The van der Waals surface area contributed by atoms with Gasteiger partial charge in [-0.2, -0.15) is 0 Å². The third kappa shape index (κ3) is 4.73. The molecule has 3 saturated carbocycles. The Labute approximate surface area is 421 Å². The highest BCUT2D eigenvalue weighted by atomic mass is 16.6. The number of cyclic esters (lactones) is 6. The molecule has 1 aromatic carbocycles. The van der Waals surface area contributed by atoms with Gasteiger partial charge in [0, 0.05) is 34.0 Å². The molecular formula is C60H66O12. The Morgan fingerprint density at radius 1 is 0.375 bits per heavy atom. The third-order valence-corrected chi connectivity index (χ3v) is 21.1. The van der Waals surface area contributed by atoms with Crippen LogP contribution in [-0.2, 0) is 73.4 Å². The van der Waals surface area contributed by atoms with Gasteiger partial charge in [-0.25, -0.2) is 0 Å². The zero-order valence-corrected chi connectivity index (χ0v) is 42.6. The monoisotopic (exact) mass is 978 g/mol. The highest BCUT2D eigenvalue weighted by molar-refractivity contribution is 6.21. The number of esters is 6. The number of hydrogen-bond donors (Lipinski definition) is 0. The summed E-state index contributed by atoms with van der Waals surface area (Å²) in [4.78, 5) is 94.3. The molecule has 0 aromatic heterocycles. The zero-order chi connectivity index (χ0) is 50.1. The Balaban J connectivity index is 1.18. The molecule has 3 fully saturated rings. The molecule has 13 rings (SSSR count). The van der Waals surface area contributed by atoms with E-state index in [9.17, 15) is 0 Å². The molecule has 0 N–H and O–H groups in total. The summed E-state index contributed by atoms with van der Waals surface area (Å²) in [6, 6.07) is 0. The minimum atomic E-state index is -1.81. The Morgan fingerprint density at radius 2 is 0.639 bits per heavy atom. The van der Waals surface area contributed by atoms with Crippen molar-refractivity contribution in [2.24, 2.45) is 51.8 Å². The van der Waals surface area contributed by atoms with E-state index in [0.717, 1.165) is 125 Å². The van der Waals surface area contributed by atoms with Crippen LogP contribution in [0.3, 0.4) is 0 Å². The number of carbonyl (C=O) groups excluding carboxylic acids is 6. The lowest BCUT2D eigenvalue weighted by Gasteiger charge is -2.30. The third-order valence-electron chi connectivity index (χ3n) is 21.1. The van der Waals surface area contributed by atoms with Crippen LogP contribution in [-0.4, -0.2) is 55.6 Å². The van der Waals surface area contributed by atoms with Gasteiger partial charge in [0.2, 0.25) is 0 Å². The first-order valence-corrected chi connectivity index (χ1v) is 27.3. The lowest BCUT2D eigenvalue weighted by molar-refractivity contribution is -0.165. The molecule has 3 aliphatic heterocycles. The summed E-state index contributed by atoms with van der Waals surface area (Å²) in [5.74, 6) is -7.52. The molecule has 12 nitrogen and oxygen atoms in total. The van der Waals surface area contributed by atoms with E-state index in [-0.39, 0.29) is 19.8 Å². The summed E-state index contributed by atoms with van der Waals surface area (Å²) in [5, 5.41) is 0. The second-order valence-electron chi connectivity index (χ2n) is 23.4. The summed E-state index contributed by atoms with van der Waals surface area (Å²) in [5.41, 5.74) is 1.18. The minimum absolute atomic E-state index is 0.129. The summed E-state index contributed by atoms with van der Waals surface area (Å²) in [7, 11) is 0. The van der Waals surface area contributed by atoms with E-state index >= 15 is 28.8 Å². The van der Waals surface area contributed by atoms with Crippen molar-refractivity contribution < 1.29 is 57.2 Å². The quantitative estimate of drug-likeness (QED) is 0.138. The number of rotatable bonds is 0. The molecule has 72 heavy (non-hydrogen) atoms. The summed E-state index contributed by atoms with van der Waals surface area (Å²) in [6.45, 7) is 12.8. The smallest absolute Gasteiger partial charge is 0.329 e. The maximum atomic E-state index is 15.7. The van der Waals surface area contributed by atoms with Crippen LogP contribution in [0, 0.1) is 51.8 Å². The molecule has 12 atom stereocenters. The van der Waals surface area contributed by atoms with Crippen LogP contribution >= 0.6 is 0 Å². The van der Waals surface area contributed by atoms with Gasteiger partial charge in [0.15, 0.2) is 16.2 Å². The van der Waals surface area contributed by atoms with E-state index in [2.05, 4.69) is 20.8 Å². The van der Waals surface area contributed by atoms with Gasteiger partial charge in [0.05, 0.1) is 38.6 Å². The van der Waals surface area contributed by atoms with Crippen LogP contribution < -0.4 is 0 Å². The maximum absolute atomic E-state index is 15.7. The van der Waals surface area contributed by atoms with Crippen molar-refractivity contribution in [2.75, 3.05) is 19.8 Å². The Bertz CT molecular complexity index is 2610. The normalized spacial score (nSPS) is 41.6. The number of ether oxygens (including phenoxy) is 6. The van der Waals surface area contributed by atoms with Crippen LogP contribution in [0.1, 0.15) is 171 Å². The van der Waals surface area contributed by atoms with Gasteiger partial charge < -0.3 is 28.4 Å². The number of hydrogen-bond acceptors (Lipinski definition) is 12. The van der Waals surface area contributed by atoms with Gasteiger partial charge in [-0.1, -0.05) is 76.0 Å². The first kappa shape index (κ1) is 46.3. The molecule has 0 saturated heterocycles. The van der Waals surface area contributed by atoms with Crippen LogP contribution in [0.4, 0.5) is 0 Å². The molecule has 12 aliphatic rings. The lowest BCUT2D eigenvalue weighted by Crippen LogP contribution is -2.39. The van der Waals surface area contributed by atoms with Gasteiger partial charge in [-0.3, -0.25) is 28.8 Å². The topological polar surface area (TPSA) is 158 Å². The number of allylic oxidation sites excluding steroid dienone is 9. The lowest BCUT2D eigenvalue weighted by atomic mass is 9.71. The fourth-order valence-corrected chi connectivity index (χ4v) is 18.9. The predicted molar refractivity (Wildman–Crippen MR) is 262 cm³/mol. The molecule has 12 heteroatoms. The van der Waals surface area contributed by atoms with Crippen molar-refractivity contribution in [1.29, 1.82) is 0 Å². The predicted octanol–water partition coefficient (Wildman–Crippen LogP) is 10.3. The Hall–Kier alpha value is -5.52. The first-order chi connectivity index (χ1) is 34.8. The van der Waals surface area contributed by atoms with Crippen molar-refractivity contribution in [3.63, 3.8) is 0 Å². The molecular weight excluding hydrogens is 913 g/mol. The molecule has 1 aromatic rings. The molecule has 1 unspecified atom stereocenters. The largest absolute Gasteiger partial charge is 0.465 e. The molecule has 0 radical (unpaired) electrons. The van der Waals surface area contributed by atoms with E-state index in [1.54, 1.807) is 0 Å². The molecule has 9 aliphatic carbocycles. The number of carbonyl (C=O) groups is 6. The highest BCUT2D eigenvalue weighted by Crippen LogP contribution is 2.95. The van der Waals surface area contributed by atoms with E-state index < -0.39 is 104 Å². The molecule has 3 heterocycles. The van der Waals surface area contributed by atoms with Crippen molar-refractivity contribution in [3.05, 3.63) is 87.1 Å². The molecule has 6 spiro atoms. The summed E-state index contributed by atoms with van der Waals surface area (Å²) >= 11 is 0. The van der Waals surface area contributed by atoms with Crippen molar-refractivity contribution in [3.8, 4) is 0 Å². The van der Waals surface area contributed by atoms with Gasteiger partial charge in [0.1, 0.15) is 0 Å². The fraction of sp³-hybridized carbons (Fsp3) is 0.600. The molecule has 0 amide bonds. The second kappa shape index (κ2) is 15.5. The van der Waals surface area contributed by atoms with Gasteiger partial charge in [-0.15, -0.1) is 0 Å². The minimum Gasteiger partial charge on any atom is -0.465 e. The zero-order valence-electron chi connectivity index (χ0n) is 42.6. The average molecular weight is 979 g/mol. The SMILES string of the molecule is CC1=C2c3c4c5c6c7c3[C@@]38C1[C@@]31C(=O)OC=CCCCCCCOC(=O)[C@]39C(=O)OC=CCCCCCCOC(=O)[C@@]%10(C(=O)OC=CCCCCCCOC1=O)[C@H](C(C)=C7[C@@H]8C)[C@@]6%10[C@@H](C)C5=C(C)[C@@H]3[C@@]49[C@H]2C. The Kier molecular flexibility index (Phi) is 9.97. The van der Waals surface area contributed by atoms with E-state index in [4.69, 9.17) is 28.4 Å². The van der Waals surface area contributed by atoms with Crippen molar-refractivity contribution >= 4 is 52.5 Å². The van der Waals surface area contributed by atoms with Crippen LogP contribution in [0.2, 0.25) is 0 Å². The maximum Gasteiger partial charge on any atom is 0.329 e. The van der Waals surface area contributed by atoms with Crippen LogP contribution in [0.5, 0.6) is 0 Å². The summed E-state index contributed by atoms with van der Waals surface area (Å²) in [6.07, 6.45) is 20.8. The first-order valence-electron chi connectivity index (χ1n) is 27.3. The van der Waals surface area contributed by atoms with Crippen molar-refractivity contribution in [2.45, 2.75) is 154 Å². The molecule has 378 valence electrons. The van der Waals surface area contributed by atoms with Crippen LogP contribution in [0.15, 0.2) is 53.7 Å². The van der Waals surface area contributed by atoms with Crippen LogP contribution in [0.25, 0.3) is 16.7 Å². The standard InChI is InChI=1S/C60H66O12/c1-31-37-34(4)56-44-40(37)43-41-38-32(2)48-57-36(6)39(42(44)45(41)57)33(3)47(56)59(56)50(62)68-26-20-14-9-12-18-24-30-72-54(66)60(48,57)51(63)69-27-21-15-8-10-16-22-28-70-52(64)58(46(31)55(43,58)35(38)5)49(61)67-25-19-13-7-11-17-23-29-71-53(59)65/h19-21,25-27,34-36,46-48H,7-18,22-24,28-30H2,1-6H3/t34-,35-,36-,46+,47+,48?,55+,56+,57-,58+,59-,60-/m0/s1. The highest BCUT2D eigenvalue weighted by Gasteiger charge is 3.00. The summed E-state index contributed by atoms with van der Waals surface area (Å²) < 4.78 is 38.0. The second-order valence-corrected chi connectivity index (χ2v) is 23.4. The van der Waals surface area contributed by atoms with E-state index in [1.807, 2.05) is 39.0 Å². The Morgan fingerprint density at radius 3 is 0.917 bits per heavy atom. The van der Waals surface area contributed by atoms with Crippen molar-refractivity contribution in [1.82, 2.24) is 0 Å². The van der Waals surface area contributed by atoms with Gasteiger partial charge in [-0.05, 0) is 165 Å². The van der Waals surface area contributed by atoms with E-state index in [0.29, 0.717) is 38.5 Å². The number of benzene rings is 1. The van der Waals surface area contributed by atoms with E-state index in [1.165, 1.54) is 18.8 Å². The fourth-order valence-electron chi connectivity index (χ4n) is 18.9. The van der Waals surface area contributed by atoms with Gasteiger partial charge >= 0.3 is 35.8 Å². The van der Waals surface area contributed by atoms with Gasteiger partial charge in [0.25, 0.3) is 0 Å².